The maximum atomic E-state index is 12.1. The van der Waals surface area contributed by atoms with Crippen LogP contribution in [0.3, 0.4) is 0 Å². The number of anilines is 1. The van der Waals surface area contributed by atoms with Crippen LogP contribution >= 0.6 is 0 Å². The number of nitrogens with zero attached hydrogens (tertiary/aromatic N) is 1. The number of nitrogens with one attached hydrogen (secondary N) is 3. The summed E-state index contributed by atoms with van der Waals surface area (Å²) < 4.78 is 10.7. The number of aromatic nitrogens is 2. The Morgan fingerprint density at radius 3 is 2.67 bits per heavy atom. The smallest absolute Gasteiger partial charge is 0.319 e. The molecule has 1 aromatic heterocycles. The third-order valence-corrected chi connectivity index (χ3v) is 3.63. The molecule has 0 aliphatic carbocycles. The molecule has 1 heterocycles. The van der Waals surface area contributed by atoms with Gasteiger partial charge in [0.1, 0.15) is 17.2 Å². The van der Waals surface area contributed by atoms with Gasteiger partial charge >= 0.3 is 6.03 Å². The number of carbonyl (C=O) groups excluding carboxylic acids is 1. The number of urea groups is 1. The van der Waals surface area contributed by atoms with Crippen molar-refractivity contribution in [3.05, 3.63) is 23.9 Å². The Morgan fingerprint density at radius 2 is 2.04 bits per heavy atom. The second-order valence-corrected chi connectivity index (χ2v) is 5.23. The zero-order valence-electron chi connectivity index (χ0n) is 14.5. The van der Waals surface area contributed by atoms with Crippen molar-refractivity contribution in [3.8, 4) is 22.8 Å². The molecule has 0 aliphatic heterocycles. The number of aromatic amines is 1. The zero-order valence-corrected chi connectivity index (χ0v) is 14.5. The largest absolute Gasteiger partial charge is 0.497 e. The van der Waals surface area contributed by atoms with Crippen molar-refractivity contribution in [2.75, 3.05) is 26.1 Å². The van der Waals surface area contributed by atoms with Crippen LogP contribution < -0.4 is 20.1 Å². The van der Waals surface area contributed by atoms with E-state index >= 15 is 0 Å². The summed E-state index contributed by atoms with van der Waals surface area (Å²) in [6, 6.07) is 5.24. The number of ether oxygens (including phenoxy) is 2. The molecule has 130 valence electrons. The lowest BCUT2D eigenvalue weighted by molar-refractivity contribution is 0.252. The highest BCUT2D eigenvalue weighted by atomic mass is 16.5. The van der Waals surface area contributed by atoms with E-state index in [1.807, 2.05) is 26.0 Å². The van der Waals surface area contributed by atoms with Crippen LogP contribution in [0.2, 0.25) is 0 Å². The van der Waals surface area contributed by atoms with Gasteiger partial charge in [-0.2, -0.15) is 5.10 Å². The van der Waals surface area contributed by atoms with Crippen LogP contribution in [0.25, 0.3) is 11.3 Å². The number of rotatable bonds is 7. The molecule has 24 heavy (non-hydrogen) atoms. The van der Waals surface area contributed by atoms with Gasteiger partial charge in [0.05, 0.1) is 25.6 Å². The lowest BCUT2D eigenvalue weighted by Gasteiger charge is -2.12. The van der Waals surface area contributed by atoms with Gasteiger partial charge in [-0.05, 0) is 25.0 Å². The topological polar surface area (TPSA) is 88.3 Å². The minimum absolute atomic E-state index is 0.248. The molecule has 2 amide bonds. The van der Waals surface area contributed by atoms with E-state index in [1.54, 1.807) is 20.3 Å². The lowest BCUT2D eigenvalue weighted by Crippen LogP contribution is -2.29. The first kappa shape index (κ1) is 17.7. The average Bonchev–Trinajstić information content (AvgIpc) is 3.01. The van der Waals surface area contributed by atoms with E-state index in [1.165, 1.54) is 0 Å². The lowest BCUT2D eigenvalue weighted by atomic mass is 10.1. The summed E-state index contributed by atoms with van der Waals surface area (Å²) in [7, 11) is 3.19. The molecule has 2 rings (SSSR count). The zero-order chi connectivity index (χ0) is 17.5. The fraction of sp³-hybridized carbons (Fsp3) is 0.412. The molecule has 0 fully saturated rings. The molecule has 0 radical (unpaired) electrons. The van der Waals surface area contributed by atoms with E-state index in [9.17, 15) is 4.79 Å². The third kappa shape index (κ3) is 3.79. The first-order valence-electron chi connectivity index (χ1n) is 7.99. The van der Waals surface area contributed by atoms with Gasteiger partial charge in [0.2, 0.25) is 0 Å². The number of H-pyrrole nitrogens is 1. The Morgan fingerprint density at radius 1 is 1.25 bits per heavy atom. The molecule has 0 saturated heterocycles. The highest BCUT2D eigenvalue weighted by Crippen LogP contribution is 2.37. The van der Waals surface area contributed by atoms with Gasteiger partial charge < -0.3 is 20.1 Å². The van der Waals surface area contributed by atoms with E-state index in [2.05, 4.69) is 20.8 Å². The predicted molar refractivity (Wildman–Crippen MR) is 93.8 cm³/mol. The second kappa shape index (κ2) is 8.24. The molecule has 2 aromatic rings. The molecule has 7 heteroatoms. The van der Waals surface area contributed by atoms with Crippen LogP contribution in [0, 0.1) is 0 Å². The molecular formula is C17H24N4O3. The Bertz CT molecular complexity index is 697. The Labute approximate surface area is 141 Å². The molecule has 1 aromatic carbocycles. The Kier molecular flexibility index (Phi) is 6.06. The van der Waals surface area contributed by atoms with Gasteiger partial charge in [0, 0.05) is 18.2 Å². The molecule has 0 spiro atoms. The standard InChI is InChI=1S/C17H24N4O3/c1-5-9-18-17(22)19-16-13(6-2)20-21-15(16)12-8-7-11(23-3)10-14(12)24-4/h7-8,10H,5-6,9H2,1-4H3,(H,20,21)(H2,18,19,22). The van der Waals surface area contributed by atoms with Crippen LogP contribution in [-0.4, -0.2) is 37.0 Å². The monoisotopic (exact) mass is 332 g/mol. The van der Waals surface area contributed by atoms with E-state index in [0.717, 1.165) is 24.1 Å². The van der Waals surface area contributed by atoms with Gasteiger partial charge in [0.25, 0.3) is 0 Å². The summed E-state index contributed by atoms with van der Waals surface area (Å²) in [6.07, 6.45) is 1.59. The van der Waals surface area contributed by atoms with Crippen molar-refractivity contribution in [1.29, 1.82) is 0 Å². The highest BCUT2D eigenvalue weighted by molar-refractivity contribution is 5.95. The fourth-order valence-electron chi connectivity index (χ4n) is 2.35. The molecule has 0 aliphatic rings. The van der Waals surface area contributed by atoms with Crippen molar-refractivity contribution in [1.82, 2.24) is 15.5 Å². The quantitative estimate of drug-likeness (QED) is 0.726. The van der Waals surface area contributed by atoms with Crippen molar-refractivity contribution < 1.29 is 14.3 Å². The van der Waals surface area contributed by atoms with Crippen molar-refractivity contribution in [2.24, 2.45) is 0 Å². The van der Waals surface area contributed by atoms with Crippen molar-refractivity contribution in [3.63, 3.8) is 0 Å². The number of amides is 2. The Balaban J connectivity index is 2.40. The van der Waals surface area contributed by atoms with Crippen molar-refractivity contribution in [2.45, 2.75) is 26.7 Å². The molecule has 0 unspecified atom stereocenters. The molecule has 0 saturated carbocycles. The molecular weight excluding hydrogens is 308 g/mol. The molecule has 3 N–H and O–H groups in total. The van der Waals surface area contributed by atoms with Crippen LogP contribution in [-0.2, 0) is 6.42 Å². The summed E-state index contributed by atoms with van der Waals surface area (Å²) in [5.41, 5.74) is 2.93. The maximum Gasteiger partial charge on any atom is 0.319 e. The number of aryl methyl sites for hydroxylation is 1. The number of carbonyl (C=O) groups is 1. The molecule has 7 nitrogen and oxygen atoms in total. The third-order valence-electron chi connectivity index (χ3n) is 3.63. The molecule has 0 atom stereocenters. The van der Waals surface area contributed by atoms with Crippen LogP contribution in [0.15, 0.2) is 18.2 Å². The number of benzene rings is 1. The first-order valence-corrected chi connectivity index (χ1v) is 7.99. The highest BCUT2D eigenvalue weighted by Gasteiger charge is 2.19. The minimum atomic E-state index is -0.248. The number of hydrogen-bond acceptors (Lipinski definition) is 4. The van der Waals surface area contributed by atoms with Gasteiger partial charge in [0.15, 0.2) is 0 Å². The van der Waals surface area contributed by atoms with Gasteiger partial charge in [-0.3, -0.25) is 5.10 Å². The van der Waals surface area contributed by atoms with Crippen LogP contribution in [0.5, 0.6) is 11.5 Å². The normalized spacial score (nSPS) is 10.3. The van der Waals surface area contributed by atoms with Crippen molar-refractivity contribution >= 4 is 11.7 Å². The summed E-state index contributed by atoms with van der Waals surface area (Å²) in [5, 5.41) is 13.0. The second-order valence-electron chi connectivity index (χ2n) is 5.23. The number of hydrogen-bond donors (Lipinski definition) is 3. The average molecular weight is 332 g/mol. The van der Waals surface area contributed by atoms with Gasteiger partial charge in [-0.15, -0.1) is 0 Å². The van der Waals surface area contributed by atoms with Crippen LogP contribution in [0.1, 0.15) is 26.0 Å². The van der Waals surface area contributed by atoms with E-state index in [0.29, 0.717) is 29.4 Å². The number of methoxy groups -OCH3 is 2. The van der Waals surface area contributed by atoms with E-state index in [4.69, 9.17) is 9.47 Å². The predicted octanol–water partition coefficient (Wildman–Crippen LogP) is 3.19. The van der Waals surface area contributed by atoms with E-state index < -0.39 is 0 Å². The van der Waals surface area contributed by atoms with Gasteiger partial charge in [-0.25, -0.2) is 4.79 Å². The summed E-state index contributed by atoms with van der Waals surface area (Å²) >= 11 is 0. The summed E-state index contributed by atoms with van der Waals surface area (Å²) in [6.45, 7) is 4.62. The van der Waals surface area contributed by atoms with Gasteiger partial charge in [-0.1, -0.05) is 13.8 Å². The molecule has 0 bridgehead atoms. The van der Waals surface area contributed by atoms with E-state index in [-0.39, 0.29) is 6.03 Å². The summed E-state index contributed by atoms with van der Waals surface area (Å²) in [4.78, 5) is 12.1. The maximum absolute atomic E-state index is 12.1. The SMILES string of the molecule is CCCNC(=O)Nc1c(-c2ccc(OC)cc2OC)n[nH]c1CC. The fourth-order valence-corrected chi connectivity index (χ4v) is 2.35. The first-order chi connectivity index (χ1) is 11.6. The minimum Gasteiger partial charge on any atom is -0.497 e. The van der Waals surface area contributed by atoms with Crippen LogP contribution in [0.4, 0.5) is 10.5 Å². The Hall–Kier alpha value is -2.70. The summed E-state index contributed by atoms with van der Waals surface area (Å²) in [5.74, 6) is 1.32.